The minimum Gasteiger partial charge on any atom is -0.427 e. The van der Waals surface area contributed by atoms with E-state index in [2.05, 4.69) is 4.99 Å². The van der Waals surface area contributed by atoms with Gasteiger partial charge in [0, 0.05) is 19.1 Å². The SMILES string of the molecule is CC(=O)Oc1cccc(/C=C2\N=C(c3ccc([N+](=O)[O-])cc3Cl)OC2=O)c1. The molecule has 0 bridgehead atoms. The van der Waals surface area contributed by atoms with Gasteiger partial charge in [0.15, 0.2) is 5.70 Å². The molecule has 1 heterocycles. The molecule has 0 N–H and O–H groups in total. The zero-order valence-electron chi connectivity index (χ0n) is 13.8. The van der Waals surface area contributed by atoms with Crippen LogP contribution < -0.4 is 4.74 Å². The molecule has 2 aromatic rings. The Morgan fingerprint density at radius 2 is 2.07 bits per heavy atom. The number of ether oxygens (including phenoxy) is 2. The molecule has 0 spiro atoms. The number of cyclic esters (lactones) is 1. The first-order chi connectivity index (χ1) is 12.8. The average Bonchev–Trinajstić information content (AvgIpc) is 2.94. The van der Waals surface area contributed by atoms with E-state index < -0.39 is 16.9 Å². The van der Waals surface area contributed by atoms with Crippen LogP contribution in [0.5, 0.6) is 5.75 Å². The summed E-state index contributed by atoms with van der Waals surface area (Å²) < 4.78 is 10.1. The first kappa shape index (κ1) is 18.3. The average molecular weight is 387 g/mol. The summed E-state index contributed by atoms with van der Waals surface area (Å²) in [6.45, 7) is 1.28. The van der Waals surface area contributed by atoms with Gasteiger partial charge in [-0.2, -0.15) is 0 Å². The quantitative estimate of drug-likeness (QED) is 0.261. The van der Waals surface area contributed by atoms with E-state index in [9.17, 15) is 19.7 Å². The molecule has 9 heteroatoms. The lowest BCUT2D eigenvalue weighted by molar-refractivity contribution is -0.384. The Morgan fingerprint density at radius 1 is 1.30 bits per heavy atom. The van der Waals surface area contributed by atoms with Crippen molar-refractivity contribution in [2.75, 3.05) is 0 Å². The number of nitrogens with zero attached hydrogens (tertiary/aromatic N) is 2. The number of esters is 2. The van der Waals surface area contributed by atoms with E-state index in [0.717, 1.165) is 6.07 Å². The number of halogens is 1. The molecule has 8 nitrogen and oxygen atoms in total. The second-order valence-electron chi connectivity index (χ2n) is 5.42. The number of nitro groups is 1. The van der Waals surface area contributed by atoms with Crippen LogP contribution in [0.2, 0.25) is 5.02 Å². The van der Waals surface area contributed by atoms with E-state index in [0.29, 0.717) is 11.3 Å². The molecular formula is C18H11ClN2O6. The van der Waals surface area contributed by atoms with Gasteiger partial charge >= 0.3 is 11.9 Å². The Labute approximate surface area is 157 Å². The van der Waals surface area contributed by atoms with Crippen LogP contribution in [0.4, 0.5) is 5.69 Å². The maximum absolute atomic E-state index is 12.1. The number of aliphatic imine (C=N–C) groups is 1. The van der Waals surface area contributed by atoms with Crippen LogP contribution in [0, 0.1) is 10.1 Å². The first-order valence-corrected chi connectivity index (χ1v) is 7.96. The summed E-state index contributed by atoms with van der Waals surface area (Å²) in [5.41, 5.74) is 0.652. The number of non-ortho nitro benzene ring substituents is 1. The third-order valence-corrected chi connectivity index (χ3v) is 3.75. The van der Waals surface area contributed by atoms with Crippen LogP contribution in [0.1, 0.15) is 18.1 Å². The Balaban J connectivity index is 1.91. The molecule has 136 valence electrons. The summed E-state index contributed by atoms with van der Waals surface area (Å²) in [4.78, 5) is 37.4. The smallest absolute Gasteiger partial charge is 0.363 e. The Hall–Kier alpha value is -3.52. The molecule has 0 saturated heterocycles. The monoisotopic (exact) mass is 386 g/mol. The highest BCUT2D eigenvalue weighted by Crippen LogP contribution is 2.27. The number of hydrogen-bond acceptors (Lipinski definition) is 7. The summed E-state index contributed by atoms with van der Waals surface area (Å²) in [5.74, 6) is -0.890. The third-order valence-electron chi connectivity index (χ3n) is 3.44. The van der Waals surface area contributed by atoms with Gasteiger partial charge in [0.25, 0.3) is 5.69 Å². The number of nitro benzene ring substituents is 1. The van der Waals surface area contributed by atoms with E-state index in [1.54, 1.807) is 24.3 Å². The highest BCUT2D eigenvalue weighted by Gasteiger charge is 2.26. The summed E-state index contributed by atoms with van der Waals surface area (Å²) >= 11 is 6.03. The highest BCUT2D eigenvalue weighted by atomic mass is 35.5. The van der Waals surface area contributed by atoms with Crippen LogP contribution in [-0.4, -0.2) is 22.8 Å². The van der Waals surface area contributed by atoms with Gasteiger partial charge < -0.3 is 9.47 Å². The van der Waals surface area contributed by atoms with Crippen molar-refractivity contribution in [3.05, 3.63) is 74.4 Å². The molecule has 1 aliphatic rings. The van der Waals surface area contributed by atoms with Crippen molar-refractivity contribution in [3.8, 4) is 5.75 Å². The molecule has 0 aliphatic carbocycles. The fraction of sp³-hybridized carbons (Fsp3) is 0.0556. The molecule has 0 aromatic heterocycles. The van der Waals surface area contributed by atoms with Gasteiger partial charge in [-0.25, -0.2) is 9.79 Å². The van der Waals surface area contributed by atoms with Crippen molar-refractivity contribution < 1.29 is 24.0 Å². The fourth-order valence-electron chi connectivity index (χ4n) is 2.31. The van der Waals surface area contributed by atoms with Gasteiger partial charge in [0.05, 0.1) is 15.5 Å². The van der Waals surface area contributed by atoms with Crippen LogP contribution in [0.25, 0.3) is 6.08 Å². The molecule has 0 unspecified atom stereocenters. The lowest BCUT2D eigenvalue weighted by atomic mass is 10.2. The van der Waals surface area contributed by atoms with Gasteiger partial charge in [0.1, 0.15) is 5.75 Å². The minimum absolute atomic E-state index is 0.0133. The molecule has 0 amide bonds. The summed E-state index contributed by atoms with van der Waals surface area (Å²) in [5, 5.41) is 10.8. The number of carbonyl (C=O) groups excluding carboxylic acids is 2. The van der Waals surface area contributed by atoms with Gasteiger partial charge in [-0.15, -0.1) is 0 Å². The highest BCUT2D eigenvalue weighted by molar-refractivity contribution is 6.34. The molecule has 2 aromatic carbocycles. The van der Waals surface area contributed by atoms with Gasteiger partial charge in [-0.1, -0.05) is 23.7 Å². The minimum atomic E-state index is -0.697. The summed E-state index contributed by atoms with van der Waals surface area (Å²) in [6.07, 6.45) is 1.46. The van der Waals surface area contributed by atoms with Gasteiger partial charge in [-0.05, 0) is 29.8 Å². The third kappa shape index (κ3) is 4.18. The Morgan fingerprint density at radius 3 is 2.74 bits per heavy atom. The Bertz CT molecular complexity index is 1030. The maximum Gasteiger partial charge on any atom is 0.363 e. The molecule has 1 aliphatic heterocycles. The number of hydrogen-bond donors (Lipinski definition) is 0. The van der Waals surface area contributed by atoms with Crippen molar-refractivity contribution in [2.24, 2.45) is 4.99 Å². The van der Waals surface area contributed by atoms with Crippen LogP contribution >= 0.6 is 11.6 Å². The largest absolute Gasteiger partial charge is 0.427 e. The van der Waals surface area contributed by atoms with E-state index in [-0.39, 0.29) is 27.9 Å². The van der Waals surface area contributed by atoms with Crippen molar-refractivity contribution >= 4 is 41.2 Å². The first-order valence-electron chi connectivity index (χ1n) is 7.59. The summed E-state index contributed by atoms with van der Waals surface area (Å²) in [7, 11) is 0. The van der Waals surface area contributed by atoms with E-state index >= 15 is 0 Å². The van der Waals surface area contributed by atoms with Gasteiger partial charge in [0.2, 0.25) is 5.90 Å². The lowest BCUT2D eigenvalue weighted by Gasteiger charge is -2.02. The zero-order valence-corrected chi connectivity index (χ0v) is 14.6. The topological polar surface area (TPSA) is 108 Å². The van der Waals surface area contributed by atoms with Gasteiger partial charge in [-0.3, -0.25) is 14.9 Å². The predicted molar refractivity (Wildman–Crippen MR) is 96.5 cm³/mol. The standard InChI is InChI=1S/C18H11ClN2O6/c1-10(22)26-13-4-2-3-11(7-13)8-16-18(23)27-17(20-16)14-6-5-12(21(24)25)9-15(14)19/h2-9H,1H3/b16-8-. The fourth-order valence-corrected chi connectivity index (χ4v) is 2.56. The molecule has 0 atom stereocenters. The van der Waals surface area contributed by atoms with Crippen LogP contribution in [0.3, 0.4) is 0 Å². The molecule has 3 rings (SSSR count). The van der Waals surface area contributed by atoms with Crippen molar-refractivity contribution in [2.45, 2.75) is 6.92 Å². The van der Waals surface area contributed by atoms with Crippen LogP contribution in [0.15, 0.2) is 53.2 Å². The normalized spacial score (nSPS) is 14.7. The van der Waals surface area contributed by atoms with Crippen LogP contribution in [-0.2, 0) is 14.3 Å². The molecular weight excluding hydrogens is 376 g/mol. The molecule has 27 heavy (non-hydrogen) atoms. The second kappa shape index (κ2) is 7.38. The van der Waals surface area contributed by atoms with E-state index in [4.69, 9.17) is 21.1 Å². The maximum atomic E-state index is 12.1. The Kier molecular flexibility index (Phi) is 5.00. The number of rotatable bonds is 4. The molecule has 0 fully saturated rings. The molecule has 0 radical (unpaired) electrons. The zero-order chi connectivity index (χ0) is 19.6. The van der Waals surface area contributed by atoms with E-state index in [1.807, 2.05) is 0 Å². The lowest BCUT2D eigenvalue weighted by Crippen LogP contribution is -2.06. The van der Waals surface area contributed by atoms with Crippen molar-refractivity contribution in [1.29, 1.82) is 0 Å². The second-order valence-corrected chi connectivity index (χ2v) is 5.83. The predicted octanol–water partition coefficient (Wildman–Crippen LogP) is 3.52. The number of carbonyl (C=O) groups is 2. The molecule has 0 saturated carbocycles. The van der Waals surface area contributed by atoms with Crippen molar-refractivity contribution in [1.82, 2.24) is 0 Å². The number of benzene rings is 2. The van der Waals surface area contributed by atoms with Crippen molar-refractivity contribution in [3.63, 3.8) is 0 Å². The van der Waals surface area contributed by atoms with E-state index in [1.165, 1.54) is 25.1 Å². The summed E-state index contributed by atoms with van der Waals surface area (Å²) in [6, 6.07) is 10.3.